The number of benzene rings is 1. The van der Waals surface area contributed by atoms with Crippen LogP contribution >= 0.6 is 15.9 Å². The Morgan fingerprint density at radius 2 is 2.26 bits per heavy atom. The van der Waals surface area contributed by atoms with Gasteiger partial charge in [-0.2, -0.15) is 0 Å². The Balaban J connectivity index is 2.36. The fourth-order valence-electron chi connectivity index (χ4n) is 3.17. The van der Waals surface area contributed by atoms with Gasteiger partial charge >= 0.3 is 0 Å². The fourth-order valence-corrected chi connectivity index (χ4v) is 3.55. The van der Waals surface area contributed by atoms with E-state index in [0.717, 1.165) is 23.9 Å². The number of hydrogen-bond donors (Lipinski definition) is 2. The van der Waals surface area contributed by atoms with E-state index < -0.39 is 0 Å². The van der Waals surface area contributed by atoms with Crippen LogP contribution in [0.2, 0.25) is 0 Å². The maximum atomic E-state index is 9.27. The number of hydrogen-bond acceptors (Lipinski definition) is 2. The van der Waals surface area contributed by atoms with E-state index in [2.05, 4.69) is 53.3 Å². The fraction of sp³-hybridized carbons (Fsp3) is 0.625. The molecule has 1 fully saturated rings. The van der Waals surface area contributed by atoms with Crippen LogP contribution in [0.25, 0.3) is 0 Å². The van der Waals surface area contributed by atoms with E-state index in [1.807, 2.05) is 0 Å². The average molecular weight is 326 g/mol. The maximum absolute atomic E-state index is 9.27. The number of nitrogens with one attached hydrogen (secondary N) is 1. The van der Waals surface area contributed by atoms with Crippen molar-refractivity contribution in [3.8, 4) is 0 Å². The topological polar surface area (TPSA) is 32.3 Å². The predicted octanol–water partition coefficient (Wildman–Crippen LogP) is 4.00. The quantitative estimate of drug-likeness (QED) is 0.857. The second-order valence-electron chi connectivity index (χ2n) is 5.59. The second kappa shape index (κ2) is 6.87. The van der Waals surface area contributed by atoms with Gasteiger partial charge < -0.3 is 10.4 Å². The summed E-state index contributed by atoms with van der Waals surface area (Å²) in [5, 5.41) is 12.9. The minimum Gasteiger partial charge on any atom is -0.396 e. The minimum absolute atomic E-state index is 0.266. The standard InChI is InChI=1S/C16H24BrNO/c1-3-12(7-9-19)14-5-4-13(17)10-15(14)16-11(2)6-8-18-16/h4-5,10-12,16,18-19H,3,6-9H2,1-2H3/t11?,12?,16-/m1/s1. The molecule has 2 N–H and O–H groups in total. The molecule has 0 spiro atoms. The molecule has 106 valence electrons. The third-order valence-corrected chi connectivity index (χ3v) is 4.82. The molecule has 0 aromatic heterocycles. The minimum atomic E-state index is 0.266. The number of aliphatic hydroxyl groups is 1. The van der Waals surface area contributed by atoms with Crippen LogP contribution in [0.4, 0.5) is 0 Å². The van der Waals surface area contributed by atoms with Crippen LogP contribution in [0.5, 0.6) is 0 Å². The first-order chi connectivity index (χ1) is 9.17. The van der Waals surface area contributed by atoms with Crippen molar-refractivity contribution in [1.82, 2.24) is 5.32 Å². The Morgan fingerprint density at radius 1 is 1.47 bits per heavy atom. The molecular formula is C16H24BrNO. The van der Waals surface area contributed by atoms with E-state index >= 15 is 0 Å². The van der Waals surface area contributed by atoms with Crippen LogP contribution in [-0.4, -0.2) is 18.3 Å². The molecule has 0 bridgehead atoms. The molecule has 1 heterocycles. The first kappa shape index (κ1) is 15.0. The van der Waals surface area contributed by atoms with Gasteiger partial charge in [-0.1, -0.05) is 35.8 Å². The van der Waals surface area contributed by atoms with Gasteiger partial charge in [0.05, 0.1) is 0 Å². The monoisotopic (exact) mass is 325 g/mol. The lowest BCUT2D eigenvalue weighted by Crippen LogP contribution is -2.19. The van der Waals surface area contributed by atoms with E-state index in [9.17, 15) is 5.11 Å². The highest BCUT2D eigenvalue weighted by molar-refractivity contribution is 9.10. The molecule has 0 radical (unpaired) electrons. The highest BCUT2D eigenvalue weighted by Gasteiger charge is 2.28. The lowest BCUT2D eigenvalue weighted by molar-refractivity contribution is 0.273. The molecule has 1 aromatic rings. The molecule has 3 atom stereocenters. The Bertz CT molecular complexity index is 421. The molecule has 0 aliphatic carbocycles. The van der Waals surface area contributed by atoms with Crippen LogP contribution in [0.1, 0.15) is 56.2 Å². The Labute approximate surface area is 124 Å². The maximum Gasteiger partial charge on any atom is 0.0436 e. The summed E-state index contributed by atoms with van der Waals surface area (Å²) in [7, 11) is 0. The lowest BCUT2D eigenvalue weighted by Gasteiger charge is -2.25. The molecule has 1 aromatic carbocycles. The summed E-state index contributed by atoms with van der Waals surface area (Å²) in [6, 6.07) is 7.07. The van der Waals surface area contributed by atoms with Crippen molar-refractivity contribution >= 4 is 15.9 Å². The summed E-state index contributed by atoms with van der Waals surface area (Å²) in [5.41, 5.74) is 2.82. The summed E-state index contributed by atoms with van der Waals surface area (Å²) in [4.78, 5) is 0. The molecule has 1 aliphatic rings. The average Bonchev–Trinajstić information content (AvgIpc) is 2.82. The largest absolute Gasteiger partial charge is 0.396 e. The zero-order valence-electron chi connectivity index (χ0n) is 11.8. The third kappa shape index (κ3) is 3.39. The van der Waals surface area contributed by atoms with Crippen LogP contribution in [-0.2, 0) is 0 Å². The molecule has 2 rings (SSSR count). The lowest BCUT2D eigenvalue weighted by atomic mass is 9.84. The molecule has 0 amide bonds. The summed E-state index contributed by atoms with van der Waals surface area (Å²) in [5.74, 6) is 1.14. The normalized spacial score (nSPS) is 24.6. The van der Waals surface area contributed by atoms with Crippen molar-refractivity contribution in [3.05, 3.63) is 33.8 Å². The molecule has 0 saturated carbocycles. The van der Waals surface area contributed by atoms with Gasteiger partial charge in [-0.3, -0.25) is 0 Å². The highest BCUT2D eigenvalue weighted by atomic mass is 79.9. The van der Waals surface area contributed by atoms with Crippen molar-refractivity contribution in [2.24, 2.45) is 5.92 Å². The van der Waals surface area contributed by atoms with E-state index in [0.29, 0.717) is 17.9 Å². The van der Waals surface area contributed by atoms with Crippen LogP contribution < -0.4 is 5.32 Å². The number of aliphatic hydroxyl groups excluding tert-OH is 1. The summed E-state index contributed by atoms with van der Waals surface area (Å²) >= 11 is 3.60. The van der Waals surface area contributed by atoms with Gasteiger partial charge in [0.15, 0.2) is 0 Å². The summed E-state index contributed by atoms with van der Waals surface area (Å²) < 4.78 is 1.14. The molecule has 1 aliphatic heterocycles. The molecule has 3 heteroatoms. The van der Waals surface area contributed by atoms with Crippen molar-refractivity contribution in [2.75, 3.05) is 13.2 Å². The third-order valence-electron chi connectivity index (χ3n) is 4.33. The first-order valence-corrected chi connectivity index (χ1v) is 8.10. The zero-order valence-corrected chi connectivity index (χ0v) is 13.4. The molecule has 1 saturated heterocycles. The van der Waals surface area contributed by atoms with Crippen LogP contribution in [0.15, 0.2) is 22.7 Å². The van der Waals surface area contributed by atoms with Crippen LogP contribution in [0.3, 0.4) is 0 Å². The van der Waals surface area contributed by atoms with E-state index in [-0.39, 0.29) is 6.61 Å². The van der Waals surface area contributed by atoms with E-state index in [1.165, 1.54) is 17.5 Å². The van der Waals surface area contributed by atoms with Gasteiger partial charge in [-0.25, -0.2) is 0 Å². The Kier molecular flexibility index (Phi) is 5.43. The summed E-state index contributed by atoms with van der Waals surface area (Å²) in [6.07, 6.45) is 3.18. The Hall–Kier alpha value is -0.380. The van der Waals surface area contributed by atoms with Gasteiger partial charge in [0.2, 0.25) is 0 Å². The van der Waals surface area contributed by atoms with Gasteiger partial charge in [0.25, 0.3) is 0 Å². The van der Waals surface area contributed by atoms with Gasteiger partial charge in [0.1, 0.15) is 0 Å². The van der Waals surface area contributed by atoms with Gasteiger partial charge in [-0.05, 0) is 60.9 Å². The SMILES string of the molecule is CCC(CCO)c1ccc(Br)cc1[C@@H]1NCCC1C. The molecular weight excluding hydrogens is 302 g/mol. The van der Waals surface area contributed by atoms with E-state index in [4.69, 9.17) is 0 Å². The van der Waals surface area contributed by atoms with Gasteiger partial charge in [-0.15, -0.1) is 0 Å². The first-order valence-electron chi connectivity index (χ1n) is 7.31. The van der Waals surface area contributed by atoms with E-state index in [1.54, 1.807) is 0 Å². The highest BCUT2D eigenvalue weighted by Crippen LogP contribution is 2.37. The molecule has 2 unspecified atom stereocenters. The van der Waals surface area contributed by atoms with Crippen molar-refractivity contribution < 1.29 is 5.11 Å². The van der Waals surface area contributed by atoms with Crippen molar-refractivity contribution in [3.63, 3.8) is 0 Å². The summed E-state index contributed by atoms with van der Waals surface area (Å²) in [6.45, 7) is 5.90. The number of rotatable bonds is 5. The zero-order chi connectivity index (χ0) is 13.8. The van der Waals surface area contributed by atoms with Crippen LogP contribution in [0, 0.1) is 5.92 Å². The Morgan fingerprint density at radius 3 is 2.84 bits per heavy atom. The molecule has 2 nitrogen and oxygen atoms in total. The van der Waals surface area contributed by atoms with Crippen molar-refractivity contribution in [2.45, 2.75) is 45.1 Å². The smallest absolute Gasteiger partial charge is 0.0436 e. The van der Waals surface area contributed by atoms with Crippen molar-refractivity contribution in [1.29, 1.82) is 0 Å². The van der Waals surface area contributed by atoms with Gasteiger partial charge in [0, 0.05) is 17.1 Å². The predicted molar refractivity (Wildman–Crippen MR) is 83.4 cm³/mol. The molecule has 19 heavy (non-hydrogen) atoms. The number of halogens is 1. The second-order valence-corrected chi connectivity index (χ2v) is 6.50.